The quantitative estimate of drug-likeness (QED) is 0.0700. The fourth-order valence-corrected chi connectivity index (χ4v) is 4.45. The summed E-state index contributed by atoms with van der Waals surface area (Å²) >= 11 is 0. The molecule has 0 aliphatic rings. The number of nitrogens with two attached hydrogens (primary N) is 2. The number of nitrogens with one attached hydrogen (secondary N) is 4. The Morgan fingerprint density at radius 3 is 1.74 bits per heavy atom. The molecule has 2 aromatic carbocycles. The molecule has 16 nitrogen and oxygen atoms in total. The molecule has 0 aliphatic carbocycles. The number of aliphatic hydroxyl groups is 1. The van der Waals surface area contributed by atoms with E-state index in [4.69, 9.17) is 11.5 Å². The lowest BCUT2D eigenvalue weighted by molar-refractivity contribution is -0.143. The molecule has 16 heteroatoms. The number of hydrogen-bond donors (Lipinski definition) is 10. The van der Waals surface area contributed by atoms with Gasteiger partial charge in [-0.1, -0.05) is 42.5 Å². The third-order valence-corrected chi connectivity index (χ3v) is 7.03. The number of unbranched alkanes of at least 4 members (excludes halogenated alkanes) is 1. The average molecular weight is 659 g/mol. The lowest BCUT2D eigenvalue weighted by atomic mass is 10.0. The van der Waals surface area contributed by atoms with Crippen molar-refractivity contribution < 1.29 is 49.2 Å². The molecule has 0 aliphatic heterocycles. The molecule has 0 unspecified atom stereocenters. The molecule has 12 N–H and O–H groups in total. The Morgan fingerprint density at radius 2 is 1.17 bits per heavy atom. The van der Waals surface area contributed by atoms with E-state index in [9.17, 15) is 49.2 Å². The van der Waals surface area contributed by atoms with Crippen molar-refractivity contribution >= 4 is 35.6 Å². The van der Waals surface area contributed by atoms with Crippen LogP contribution in [0.2, 0.25) is 0 Å². The average Bonchev–Trinajstić information content (AvgIpc) is 3.03. The second-order valence-electron chi connectivity index (χ2n) is 10.8. The Labute approximate surface area is 270 Å². The first-order valence-electron chi connectivity index (χ1n) is 14.9. The molecule has 0 fully saturated rings. The molecule has 0 heterocycles. The standard InChI is InChI=1S/C31H42N6O10/c32-13-5-4-8-22(34-27(42)21(33)17-38)28(43)35-23(14-18-6-2-1-3-7-18)29(44)36-24(16-26(40)41)30(45)37-25(31(46)47)15-19-9-11-20(39)12-10-19/h1-3,6-7,9-12,21-25,38-39H,4-5,8,13-17,32-33H2,(H,34,42)(H,35,43)(H,36,44)(H,37,45)(H,40,41)(H,46,47)/t21-,22-,23-,24-,25-/m0/s1. The minimum atomic E-state index is -1.74. The SMILES string of the molecule is NCCCC[C@H](NC(=O)[C@@H](N)CO)C(=O)N[C@@H](Cc1ccccc1)C(=O)N[C@@H](CC(=O)O)C(=O)N[C@@H](Cc1ccc(O)cc1)C(=O)O. The van der Waals surface area contributed by atoms with Crippen molar-refractivity contribution in [3.8, 4) is 5.75 Å². The zero-order valence-electron chi connectivity index (χ0n) is 25.6. The van der Waals surface area contributed by atoms with E-state index in [1.807, 2.05) is 0 Å². The largest absolute Gasteiger partial charge is 0.508 e. The molecule has 0 saturated heterocycles. The third kappa shape index (κ3) is 13.4. The van der Waals surface area contributed by atoms with Gasteiger partial charge in [0.25, 0.3) is 0 Å². The number of phenolic OH excluding ortho intramolecular Hbond substituents is 1. The molecule has 2 aromatic rings. The van der Waals surface area contributed by atoms with Crippen molar-refractivity contribution in [2.24, 2.45) is 11.5 Å². The van der Waals surface area contributed by atoms with E-state index in [0.717, 1.165) is 0 Å². The second-order valence-corrected chi connectivity index (χ2v) is 10.8. The maximum atomic E-state index is 13.6. The smallest absolute Gasteiger partial charge is 0.326 e. The number of aliphatic carboxylic acids is 2. The van der Waals surface area contributed by atoms with Gasteiger partial charge in [0.15, 0.2) is 0 Å². The van der Waals surface area contributed by atoms with Gasteiger partial charge in [-0.25, -0.2) is 4.79 Å². The maximum Gasteiger partial charge on any atom is 0.326 e. The minimum Gasteiger partial charge on any atom is -0.508 e. The van der Waals surface area contributed by atoms with Crippen LogP contribution in [0.3, 0.4) is 0 Å². The predicted molar refractivity (Wildman–Crippen MR) is 168 cm³/mol. The number of phenols is 1. The summed E-state index contributed by atoms with van der Waals surface area (Å²) < 4.78 is 0. The number of hydrogen-bond acceptors (Lipinski definition) is 10. The van der Waals surface area contributed by atoms with Gasteiger partial charge >= 0.3 is 11.9 Å². The van der Waals surface area contributed by atoms with Crippen LogP contribution in [0, 0.1) is 0 Å². The van der Waals surface area contributed by atoms with Crippen LogP contribution < -0.4 is 32.7 Å². The Morgan fingerprint density at radius 1 is 0.660 bits per heavy atom. The molecule has 2 rings (SSSR count). The molecule has 0 spiro atoms. The van der Waals surface area contributed by atoms with Crippen molar-refractivity contribution in [3.63, 3.8) is 0 Å². The van der Waals surface area contributed by atoms with Crippen LogP contribution in [0.15, 0.2) is 54.6 Å². The lowest BCUT2D eigenvalue weighted by Gasteiger charge is -2.26. The van der Waals surface area contributed by atoms with Gasteiger partial charge in [-0.15, -0.1) is 0 Å². The molecule has 0 aromatic heterocycles. The van der Waals surface area contributed by atoms with Crippen LogP contribution in [-0.4, -0.2) is 99.4 Å². The van der Waals surface area contributed by atoms with E-state index >= 15 is 0 Å². The Kier molecular flexibility index (Phi) is 15.8. The zero-order valence-corrected chi connectivity index (χ0v) is 25.6. The maximum absolute atomic E-state index is 13.6. The number of carboxylic acids is 2. The fourth-order valence-electron chi connectivity index (χ4n) is 4.45. The number of benzene rings is 2. The molecule has 256 valence electrons. The summed E-state index contributed by atoms with van der Waals surface area (Å²) in [5.74, 6) is -6.58. The van der Waals surface area contributed by atoms with Crippen LogP contribution in [0.25, 0.3) is 0 Å². The summed E-state index contributed by atoms with van der Waals surface area (Å²) in [5.41, 5.74) is 12.2. The third-order valence-electron chi connectivity index (χ3n) is 7.03. The molecule has 0 bridgehead atoms. The van der Waals surface area contributed by atoms with E-state index in [2.05, 4.69) is 21.3 Å². The first-order valence-corrected chi connectivity index (χ1v) is 14.9. The fraction of sp³-hybridized carbons (Fsp3) is 0.419. The Hall–Kier alpha value is -5.06. The molecule has 4 amide bonds. The number of amides is 4. The predicted octanol–water partition coefficient (Wildman–Crippen LogP) is -1.88. The highest BCUT2D eigenvalue weighted by molar-refractivity contribution is 5.96. The number of carbonyl (C=O) groups excluding carboxylic acids is 4. The number of aromatic hydroxyl groups is 1. The molecule has 0 saturated carbocycles. The highest BCUT2D eigenvalue weighted by atomic mass is 16.4. The van der Waals surface area contributed by atoms with Crippen LogP contribution in [0.5, 0.6) is 5.75 Å². The summed E-state index contributed by atoms with van der Waals surface area (Å²) in [7, 11) is 0. The monoisotopic (exact) mass is 658 g/mol. The van der Waals surface area contributed by atoms with Gasteiger partial charge in [0.2, 0.25) is 23.6 Å². The van der Waals surface area contributed by atoms with Gasteiger partial charge in [-0.2, -0.15) is 0 Å². The highest BCUT2D eigenvalue weighted by Crippen LogP contribution is 2.12. The highest BCUT2D eigenvalue weighted by Gasteiger charge is 2.33. The van der Waals surface area contributed by atoms with Crippen LogP contribution >= 0.6 is 0 Å². The molecule has 47 heavy (non-hydrogen) atoms. The molecular formula is C31H42N6O10. The second kappa shape index (κ2) is 19.5. The first kappa shape index (κ1) is 38.1. The minimum absolute atomic E-state index is 0.0518. The van der Waals surface area contributed by atoms with Gasteiger partial charge in [0.1, 0.15) is 36.0 Å². The van der Waals surface area contributed by atoms with Crippen molar-refractivity contribution in [1.82, 2.24) is 21.3 Å². The molecular weight excluding hydrogens is 616 g/mol. The molecule has 0 radical (unpaired) electrons. The molecule has 5 atom stereocenters. The van der Waals surface area contributed by atoms with E-state index in [1.54, 1.807) is 30.3 Å². The van der Waals surface area contributed by atoms with Crippen molar-refractivity contribution in [1.29, 1.82) is 0 Å². The van der Waals surface area contributed by atoms with Gasteiger partial charge in [0.05, 0.1) is 13.0 Å². The topological polar surface area (TPSA) is 284 Å². The summed E-state index contributed by atoms with van der Waals surface area (Å²) in [6.45, 7) is -0.352. The van der Waals surface area contributed by atoms with Crippen LogP contribution in [0.1, 0.15) is 36.8 Å². The summed E-state index contributed by atoms with van der Waals surface area (Å²) in [6, 6.07) is 6.94. The van der Waals surface area contributed by atoms with E-state index in [-0.39, 0.29) is 25.0 Å². The Bertz CT molecular complexity index is 1360. The van der Waals surface area contributed by atoms with E-state index < -0.39 is 78.8 Å². The first-order chi connectivity index (χ1) is 22.3. The zero-order chi connectivity index (χ0) is 34.9. The van der Waals surface area contributed by atoms with Crippen molar-refractivity contribution in [2.45, 2.75) is 68.7 Å². The summed E-state index contributed by atoms with van der Waals surface area (Å²) in [6.07, 6.45) is -0.151. The van der Waals surface area contributed by atoms with Gasteiger partial charge < -0.3 is 53.2 Å². The number of carboxylic acid groups (broad SMARTS) is 2. The van der Waals surface area contributed by atoms with Crippen LogP contribution in [-0.2, 0) is 41.6 Å². The number of rotatable bonds is 20. The van der Waals surface area contributed by atoms with E-state index in [0.29, 0.717) is 30.5 Å². The van der Waals surface area contributed by atoms with Gasteiger partial charge in [-0.05, 0) is 49.1 Å². The van der Waals surface area contributed by atoms with Gasteiger partial charge in [-0.3, -0.25) is 24.0 Å². The van der Waals surface area contributed by atoms with Crippen molar-refractivity contribution in [3.05, 3.63) is 65.7 Å². The summed E-state index contributed by atoms with van der Waals surface area (Å²) in [4.78, 5) is 76.1. The lowest BCUT2D eigenvalue weighted by Crippen LogP contribution is -2.59. The summed E-state index contributed by atoms with van der Waals surface area (Å²) in [5, 5.41) is 47.5. The Balaban J connectivity index is 2.30. The van der Waals surface area contributed by atoms with Gasteiger partial charge in [0, 0.05) is 12.8 Å². The van der Waals surface area contributed by atoms with E-state index in [1.165, 1.54) is 24.3 Å². The number of aliphatic hydroxyl groups excluding tert-OH is 1. The number of carbonyl (C=O) groups is 6. The van der Waals surface area contributed by atoms with Crippen molar-refractivity contribution in [2.75, 3.05) is 13.2 Å². The van der Waals surface area contributed by atoms with Crippen LogP contribution in [0.4, 0.5) is 0 Å². The normalized spacial score (nSPS) is 14.0.